The molecule has 2 N–H and O–H groups in total. The monoisotopic (exact) mass is 158 g/mol. The Morgan fingerprint density at radius 2 is 2.18 bits per heavy atom. The fourth-order valence-corrected chi connectivity index (χ4v) is 0.808. The Labute approximate surface area is 66.1 Å². The third-order valence-electron chi connectivity index (χ3n) is 1.60. The molecule has 1 atom stereocenters. The van der Waals surface area contributed by atoms with Crippen LogP contribution >= 0.6 is 0 Å². The maximum absolute atomic E-state index is 10.6. The van der Waals surface area contributed by atoms with E-state index < -0.39 is 5.91 Å². The van der Waals surface area contributed by atoms with Crippen LogP contribution in [0.15, 0.2) is 5.18 Å². The van der Waals surface area contributed by atoms with Crippen LogP contribution in [0.2, 0.25) is 0 Å². The molecule has 0 aromatic heterocycles. The molecule has 0 aliphatic rings. The van der Waals surface area contributed by atoms with E-state index in [2.05, 4.69) is 5.18 Å². The van der Waals surface area contributed by atoms with Gasteiger partial charge in [-0.3, -0.25) is 4.79 Å². The van der Waals surface area contributed by atoms with Gasteiger partial charge in [0.1, 0.15) is 0 Å². The summed E-state index contributed by atoms with van der Waals surface area (Å²) in [5.41, 5.74) is 5.25. The first-order valence-corrected chi connectivity index (χ1v) is 3.79. The average molecular weight is 158 g/mol. The van der Waals surface area contributed by atoms with Gasteiger partial charge in [0.25, 0.3) is 5.91 Å². The maximum atomic E-state index is 10.6. The Balaban J connectivity index is 3.43. The Morgan fingerprint density at radius 1 is 1.55 bits per heavy atom. The Morgan fingerprint density at radius 3 is 2.64 bits per heavy atom. The van der Waals surface area contributed by atoms with Gasteiger partial charge in [0, 0.05) is 11.1 Å². The lowest BCUT2D eigenvalue weighted by atomic mass is 10.0. The van der Waals surface area contributed by atoms with E-state index in [0.29, 0.717) is 13.0 Å². The number of nitrogens with two attached hydrogens (primary N) is 1. The minimum absolute atomic E-state index is 0.237. The van der Waals surface area contributed by atoms with E-state index in [1.54, 1.807) is 6.92 Å². The second-order valence-corrected chi connectivity index (χ2v) is 2.62. The van der Waals surface area contributed by atoms with Crippen LogP contribution in [0.25, 0.3) is 0 Å². The van der Waals surface area contributed by atoms with Crippen LogP contribution in [-0.2, 0) is 4.79 Å². The highest BCUT2D eigenvalue weighted by Crippen LogP contribution is 2.08. The standard InChI is InChI=1S/C7H14N2O2/c1-6(7(10)9-11)4-2-3-5-8/h6H,2-5,8H2,1H3/t6-/m0/s1. The minimum Gasteiger partial charge on any atom is -0.330 e. The molecule has 0 heterocycles. The van der Waals surface area contributed by atoms with Crippen molar-refractivity contribution in [1.82, 2.24) is 0 Å². The summed E-state index contributed by atoms with van der Waals surface area (Å²) in [6.07, 6.45) is 2.50. The zero-order chi connectivity index (χ0) is 8.69. The zero-order valence-electron chi connectivity index (χ0n) is 6.75. The fraction of sp³-hybridized carbons (Fsp3) is 0.857. The summed E-state index contributed by atoms with van der Waals surface area (Å²) in [7, 11) is 0. The fourth-order valence-electron chi connectivity index (χ4n) is 0.808. The highest BCUT2D eigenvalue weighted by Gasteiger charge is 2.11. The van der Waals surface area contributed by atoms with E-state index in [1.807, 2.05) is 0 Å². The zero-order valence-corrected chi connectivity index (χ0v) is 6.75. The van der Waals surface area contributed by atoms with Crippen molar-refractivity contribution in [3.63, 3.8) is 0 Å². The smallest absolute Gasteiger partial charge is 0.289 e. The molecule has 64 valence electrons. The number of nitroso groups, excluding NO2 is 1. The maximum Gasteiger partial charge on any atom is 0.289 e. The van der Waals surface area contributed by atoms with Crippen LogP contribution in [0.3, 0.4) is 0 Å². The lowest BCUT2D eigenvalue weighted by molar-refractivity contribution is -0.121. The first kappa shape index (κ1) is 10.2. The number of carbonyl (C=O) groups is 1. The van der Waals surface area contributed by atoms with Crippen molar-refractivity contribution < 1.29 is 4.79 Å². The van der Waals surface area contributed by atoms with Crippen LogP contribution < -0.4 is 5.73 Å². The van der Waals surface area contributed by atoms with Gasteiger partial charge in [0.05, 0.1) is 0 Å². The lowest BCUT2D eigenvalue weighted by Crippen LogP contribution is -2.08. The van der Waals surface area contributed by atoms with Crippen LogP contribution in [0, 0.1) is 10.8 Å². The van der Waals surface area contributed by atoms with Crippen LogP contribution in [0.1, 0.15) is 26.2 Å². The van der Waals surface area contributed by atoms with Gasteiger partial charge >= 0.3 is 0 Å². The summed E-state index contributed by atoms with van der Waals surface area (Å²) in [6, 6.07) is 0. The topological polar surface area (TPSA) is 72.5 Å². The van der Waals surface area contributed by atoms with Gasteiger partial charge < -0.3 is 5.73 Å². The summed E-state index contributed by atoms with van der Waals surface area (Å²) in [4.78, 5) is 20.4. The number of nitrogens with zero attached hydrogens (tertiary/aromatic N) is 1. The number of unbranched alkanes of at least 4 members (excludes halogenated alkanes) is 1. The minimum atomic E-state index is -0.554. The molecule has 0 unspecified atom stereocenters. The largest absolute Gasteiger partial charge is 0.330 e. The van der Waals surface area contributed by atoms with Crippen molar-refractivity contribution in [2.45, 2.75) is 26.2 Å². The summed E-state index contributed by atoms with van der Waals surface area (Å²) in [5, 5.41) is 2.35. The van der Waals surface area contributed by atoms with Gasteiger partial charge in [-0.1, -0.05) is 13.3 Å². The quantitative estimate of drug-likeness (QED) is 0.480. The summed E-state index contributed by atoms with van der Waals surface area (Å²) in [6.45, 7) is 2.34. The Bertz CT molecular complexity index is 136. The van der Waals surface area contributed by atoms with Crippen molar-refractivity contribution in [1.29, 1.82) is 0 Å². The average Bonchev–Trinajstić information content (AvgIpc) is 2.03. The molecule has 0 rings (SSSR count). The molecule has 4 heteroatoms. The molecule has 0 aromatic carbocycles. The molecule has 0 radical (unpaired) electrons. The van der Waals surface area contributed by atoms with Crippen LogP contribution in [0.4, 0.5) is 0 Å². The molecular weight excluding hydrogens is 144 g/mol. The van der Waals surface area contributed by atoms with Gasteiger partial charge in [0.15, 0.2) is 0 Å². The molecule has 4 nitrogen and oxygen atoms in total. The van der Waals surface area contributed by atoms with Gasteiger partial charge in [-0.05, 0) is 19.4 Å². The SMILES string of the molecule is C[C@@H](CCCCN)C(=O)N=O. The van der Waals surface area contributed by atoms with Crippen molar-refractivity contribution in [3.8, 4) is 0 Å². The lowest BCUT2D eigenvalue weighted by Gasteiger charge is -2.02. The van der Waals surface area contributed by atoms with Crippen molar-refractivity contribution >= 4 is 5.91 Å². The van der Waals surface area contributed by atoms with E-state index in [0.717, 1.165) is 12.8 Å². The van der Waals surface area contributed by atoms with Crippen LogP contribution in [0.5, 0.6) is 0 Å². The Hall–Kier alpha value is -0.770. The van der Waals surface area contributed by atoms with Crippen molar-refractivity contribution in [3.05, 3.63) is 4.91 Å². The Kier molecular flexibility index (Phi) is 5.56. The first-order valence-electron chi connectivity index (χ1n) is 3.79. The number of hydrogen-bond donors (Lipinski definition) is 1. The van der Waals surface area contributed by atoms with Gasteiger partial charge in [-0.15, -0.1) is 4.91 Å². The normalized spacial score (nSPS) is 12.5. The van der Waals surface area contributed by atoms with E-state index in [-0.39, 0.29) is 5.92 Å². The van der Waals surface area contributed by atoms with E-state index in [1.165, 1.54) is 0 Å². The van der Waals surface area contributed by atoms with Gasteiger partial charge in [-0.25, -0.2) is 0 Å². The second-order valence-electron chi connectivity index (χ2n) is 2.62. The van der Waals surface area contributed by atoms with E-state index >= 15 is 0 Å². The van der Waals surface area contributed by atoms with Crippen LogP contribution in [-0.4, -0.2) is 12.5 Å². The summed E-state index contributed by atoms with van der Waals surface area (Å²) >= 11 is 0. The first-order chi connectivity index (χ1) is 5.22. The van der Waals surface area contributed by atoms with Crippen molar-refractivity contribution in [2.24, 2.45) is 16.8 Å². The van der Waals surface area contributed by atoms with E-state index in [9.17, 15) is 9.70 Å². The molecule has 0 bridgehead atoms. The molecule has 0 saturated heterocycles. The molecular formula is C7H14N2O2. The summed E-state index contributed by atoms with van der Waals surface area (Å²) in [5.74, 6) is -0.791. The molecule has 0 spiro atoms. The molecule has 0 fully saturated rings. The predicted octanol–water partition coefficient (Wildman–Crippen LogP) is 1.04. The van der Waals surface area contributed by atoms with Crippen molar-refractivity contribution in [2.75, 3.05) is 6.54 Å². The second kappa shape index (κ2) is 5.97. The number of carbonyl (C=O) groups excluding carboxylic acids is 1. The molecule has 1 amide bonds. The molecule has 0 aliphatic carbocycles. The highest BCUT2D eigenvalue weighted by molar-refractivity contribution is 5.78. The number of amides is 1. The van der Waals surface area contributed by atoms with E-state index in [4.69, 9.17) is 5.73 Å². The molecule has 0 saturated carbocycles. The third-order valence-corrected chi connectivity index (χ3v) is 1.60. The molecule has 0 aromatic rings. The molecule has 0 aliphatic heterocycles. The summed E-state index contributed by atoms with van der Waals surface area (Å²) < 4.78 is 0. The third kappa shape index (κ3) is 4.61. The highest BCUT2D eigenvalue weighted by atomic mass is 16.3. The number of hydrogen-bond acceptors (Lipinski definition) is 3. The predicted molar refractivity (Wildman–Crippen MR) is 42.9 cm³/mol. The van der Waals surface area contributed by atoms with Gasteiger partial charge in [0.2, 0.25) is 0 Å². The number of rotatable bonds is 5. The molecule has 11 heavy (non-hydrogen) atoms. The van der Waals surface area contributed by atoms with Gasteiger partial charge in [-0.2, -0.15) is 0 Å².